The summed E-state index contributed by atoms with van der Waals surface area (Å²) < 4.78 is 19.8. The number of nitrogens with one attached hydrogen (secondary N) is 1. The zero-order valence-electron chi connectivity index (χ0n) is 20.5. The first-order valence-electron chi connectivity index (χ1n) is 11.7. The van der Waals surface area contributed by atoms with Crippen LogP contribution in [0.25, 0.3) is 5.70 Å². The van der Waals surface area contributed by atoms with Crippen LogP contribution in [0.4, 0.5) is 5.95 Å². The van der Waals surface area contributed by atoms with Crippen molar-refractivity contribution in [2.24, 2.45) is 0 Å². The van der Waals surface area contributed by atoms with Gasteiger partial charge in [0, 0.05) is 16.0 Å². The monoisotopic (exact) mass is 498 g/mol. The highest BCUT2D eigenvalue weighted by Gasteiger charge is 2.41. The second-order valence-electron chi connectivity index (χ2n) is 8.77. The lowest BCUT2D eigenvalue weighted by Crippen LogP contribution is -2.32. The SMILES string of the molecule is COc1ccc([C@H]2C3=C(Nc4ncnn42)c2cc(C)ccc2O[C@H]3c2ccc(SC)cc2)cc1OC. The highest BCUT2D eigenvalue weighted by molar-refractivity contribution is 7.98. The maximum atomic E-state index is 6.74. The van der Waals surface area contributed by atoms with Crippen LogP contribution in [0, 0.1) is 6.92 Å². The standard InChI is InChI=1S/C28H26N4O3S/c1-16-5-11-21-20(13-16)25-24(27(35-21)17-6-9-19(36-4)10-7-17)26(32-28(31-25)29-15-30-32)18-8-12-22(33-2)23(14-18)34-3/h5-15,26-27H,1-4H3,(H,29,30,31)/t26-,27-/m0/s1. The molecule has 4 aromatic rings. The number of anilines is 1. The lowest BCUT2D eigenvalue weighted by atomic mass is 9.84. The predicted molar refractivity (Wildman–Crippen MR) is 141 cm³/mol. The van der Waals surface area contributed by atoms with Gasteiger partial charge in [0.2, 0.25) is 5.95 Å². The number of ether oxygens (including phenoxy) is 3. The van der Waals surface area contributed by atoms with Gasteiger partial charge in [0.25, 0.3) is 0 Å². The van der Waals surface area contributed by atoms with E-state index in [0.717, 1.165) is 39.3 Å². The van der Waals surface area contributed by atoms with Gasteiger partial charge in [-0.25, -0.2) is 4.68 Å². The Bertz CT molecular complexity index is 1480. The molecule has 2 aliphatic rings. The van der Waals surface area contributed by atoms with Gasteiger partial charge in [-0.2, -0.15) is 10.1 Å². The Balaban J connectivity index is 1.60. The normalized spacial score (nSPS) is 17.9. The number of aromatic nitrogens is 3. The van der Waals surface area contributed by atoms with Crippen LogP contribution < -0.4 is 19.5 Å². The van der Waals surface area contributed by atoms with Gasteiger partial charge in [-0.15, -0.1) is 11.8 Å². The molecule has 0 unspecified atom stereocenters. The number of benzene rings is 3. The highest BCUT2D eigenvalue weighted by atomic mass is 32.2. The minimum atomic E-state index is -0.325. The minimum Gasteiger partial charge on any atom is -0.493 e. The number of rotatable bonds is 5. The van der Waals surface area contributed by atoms with Crippen molar-refractivity contribution in [1.29, 1.82) is 0 Å². The van der Waals surface area contributed by atoms with Crippen LogP contribution in [0.2, 0.25) is 0 Å². The van der Waals surface area contributed by atoms with Gasteiger partial charge in [-0.05, 0) is 60.7 Å². The summed E-state index contributed by atoms with van der Waals surface area (Å²) in [4.78, 5) is 5.73. The van der Waals surface area contributed by atoms with E-state index in [1.54, 1.807) is 32.3 Å². The summed E-state index contributed by atoms with van der Waals surface area (Å²) in [5.74, 6) is 2.85. The summed E-state index contributed by atoms with van der Waals surface area (Å²) >= 11 is 1.72. The first-order chi connectivity index (χ1) is 17.6. The Labute approximate surface area is 214 Å². The van der Waals surface area contributed by atoms with Gasteiger partial charge in [-0.3, -0.25) is 0 Å². The molecule has 2 atom stereocenters. The molecule has 1 N–H and O–H groups in total. The van der Waals surface area contributed by atoms with Crippen LogP contribution in [0.3, 0.4) is 0 Å². The summed E-state index contributed by atoms with van der Waals surface area (Å²) in [6, 6.07) is 20.5. The van der Waals surface area contributed by atoms with Crippen LogP contribution >= 0.6 is 11.8 Å². The predicted octanol–water partition coefficient (Wildman–Crippen LogP) is 5.89. The highest BCUT2D eigenvalue weighted by Crippen LogP contribution is 2.51. The van der Waals surface area contributed by atoms with E-state index in [4.69, 9.17) is 14.2 Å². The van der Waals surface area contributed by atoms with Crippen LogP contribution in [0.15, 0.2) is 77.5 Å². The fraction of sp³-hybridized carbons (Fsp3) is 0.214. The molecule has 2 aliphatic heterocycles. The molecule has 3 heterocycles. The summed E-state index contributed by atoms with van der Waals surface area (Å²) in [5, 5.41) is 8.18. The third kappa shape index (κ3) is 3.60. The van der Waals surface area contributed by atoms with Crippen molar-refractivity contribution >= 4 is 23.4 Å². The van der Waals surface area contributed by atoms with Crippen LogP contribution in [-0.2, 0) is 0 Å². The first-order valence-corrected chi connectivity index (χ1v) is 12.9. The van der Waals surface area contributed by atoms with E-state index in [0.29, 0.717) is 17.4 Å². The second-order valence-corrected chi connectivity index (χ2v) is 9.65. The van der Waals surface area contributed by atoms with E-state index in [-0.39, 0.29) is 12.1 Å². The molecule has 0 bridgehead atoms. The third-order valence-electron chi connectivity index (χ3n) is 6.71. The van der Waals surface area contributed by atoms with Crippen LogP contribution in [0.1, 0.15) is 34.4 Å². The van der Waals surface area contributed by atoms with Crippen LogP contribution in [-0.4, -0.2) is 35.2 Å². The molecular weight excluding hydrogens is 472 g/mol. The third-order valence-corrected chi connectivity index (χ3v) is 7.45. The Morgan fingerprint density at radius 1 is 0.944 bits per heavy atom. The van der Waals surface area contributed by atoms with E-state index in [1.165, 1.54) is 4.90 Å². The maximum Gasteiger partial charge on any atom is 0.226 e. The summed E-state index contributed by atoms with van der Waals surface area (Å²) in [7, 11) is 3.29. The number of hydrogen-bond acceptors (Lipinski definition) is 7. The van der Waals surface area contributed by atoms with E-state index in [9.17, 15) is 0 Å². The molecule has 8 heteroatoms. The minimum absolute atomic E-state index is 0.266. The number of aryl methyl sites for hydroxylation is 1. The van der Waals surface area contributed by atoms with Gasteiger partial charge in [-0.1, -0.05) is 29.8 Å². The molecule has 6 rings (SSSR count). The fourth-order valence-corrected chi connectivity index (χ4v) is 5.39. The molecule has 1 aromatic heterocycles. The number of hydrogen-bond donors (Lipinski definition) is 1. The molecule has 0 amide bonds. The molecule has 0 aliphatic carbocycles. The molecule has 7 nitrogen and oxygen atoms in total. The smallest absolute Gasteiger partial charge is 0.226 e. The molecule has 0 fully saturated rings. The van der Waals surface area contributed by atoms with Crippen molar-refractivity contribution in [3.05, 3.63) is 94.8 Å². The second kappa shape index (κ2) is 8.95. The van der Waals surface area contributed by atoms with Crippen molar-refractivity contribution in [3.8, 4) is 17.2 Å². The fourth-order valence-electron chi connectivity index (χ4n) is 4.98. The Morgan fingerprint density at radius 3 is 2.47 bits per heavy atom. The van der Waals surface area contributed by atoms with Gasteiger partial charge in [0.15, 0.2) is 11.5 Å². The Kier molecular flexibility index (Phi) is 5.60. The van der Waals surface area contributed by atoms with E-state index in [2.05, 4.69) is 65.0 Å². The summed E-state index contributed by atoms with van der Waals surface area (Å²) in [5.41, 5.74) is 6.31. The van der Waals surface area contributed by atoms with E-state index < -0.39 is 0 Å². The van der Waals surface area contributed by atoms with Gasteiger partial charge in [0.05, 0.1) is 19.9 Å². The molecule has 0 saturated carbocycles. The molecule has 0 spiro atoms. The molecule has 0 saturated heterocycles. The molecular formula is C28H26N4O3S. The number of nitrogens with zero attached hydrogens (tertiary/aromatic N) is 3. The van der Waals surface area contributed by atoms with Crippen molar-refractivity contribution in [1.82, 2.24) is 14.8 Å². The van der Waals surface area contributed by atoms with E-state index in [1.807, 2.05) is 28.9 Å². The largest absolute Gasteiger partial charge is 0.493 e. The summed E-state index contributed by atoms with van der Waals surface area (Å²) in [6.45, 7) is 2.09. The van der Waals surface area contributed by atoms with E-state index >= 15 is 0 Å². The Hall–Kier alpha value is -3.91. The van der Waals surface area contributed by atoms with Crippen molar-refractivity contribution in [2.75, 3.05) is 25.8 Å². The molecule has 0 radical (unpaired) electrons. The number of fused-ring (bicyclic) bond motifs is 3. The number of methoxy groups -OCH3 is 2. The summed E-state index contributed by atoms with van der Waals surface area (Å²) in [6.07, 6.45) is 3.33. The quantitative estimate of drug-likeness (QED) is 0.344. The molecule has 36 heavy (non-hydrogen) atoms. The van der Waals surface area contributed by atoms with Crippen molar-refractivity contribution < 1.29 is 14.2 Å². The molecule has 3 aromatic carbocycles. The lowest BCUT2D eigenvalue weighted by molar-refractivity contribution is 0.223. The van der Waals surface area contributed by atoms with Crippen molar-refractivity contribution in [3.63, 3.8) is 0 Å². The average Bonchev–Trinajstić information content (AvgIpc) is 3.39. The number of thioether (sulfide) groups is 1. The average molecular weight is 499 g/mol. The van der Waals surface area contributed by atoms with Gasteiger partial charge in [0.1, 0.15) is 24.2 Å². The zero-order valence-corrected chi connectivity index (χ0v) is 21.3. The van der Waals surface area contributed by atoms with Gasteiger partial charge >= 0.3 is 0 Å². The lowest BCUT2D eigenvalue weighted by Gasteiger charge is -2.39. The first kappa shape index (κ1) is 22.5. The zero-order chi connectivity index (χ0) is 24.8. The van der Waals surface area contributed by atoms with Crippen LogP contribution in [0.5, 0.6) is 17.2 Å². The topological polar surface area (TPSA) is 70.4 Å². The molecule has 182 valence electrons. The van der Waals surface area contributed by atoms with Crippen molar-refractivity contribution in [2.45, 2.75) is 24.0 Å². The van der Waals surface area contributed by atoms with Gasteiger partial charge < -0.3 is 19.5 Å². The Morgan fingerprint density at radius 2 is 1.72 bits per heavy atom. The maximum absolute atomic E-state index is 6.74.